The van der Waals surface area contributed by atoms with Crippen LogP contribution in [0.25, 0.3) is 0 Å². The van der Waals surface area contributed by atoms with Crippen molar-refractivity contribution < 1.29 is 31.1 Å². The summed E-state index contributed by atoms with van der Waals surface area (Å²) in [5.74, 6) is -1.16. The number of nitrogens with zero attached hydrogens (tertiary/aromatic N) is 1. The average molecular weight is 451 g/mol. The van der Waals surface area contributed by atoms with E-state index in [0.717, 1.165) is 22.5 Å². The molecule has 1 amide bonds. The molecule has 2 aromatic carbocycles. The number of nitrogens with one attached hydrogen (secondary N) is 1. The van der Waals surface area contributed by atoms with E-state index in [0.29, 0.717) is 0 Å². The first-order valence-corrected chi connectivity index (χ1v) is 10.1. The van der Waals surface area contributed by atoms with E-state index >= 15 is 0 Å². The second-order valence-electron chi connectivity index (χ2n) is 6.28. The molecule has 0 bridgehead atoms. The van der Waals surface area contributed by atoms with Gasteiger partial charge in [0, 0.05) is 18.8 Å². The Morgan fingerprint density at radius 1 is 1.14 bits per heavy atom. The largest absolute Gasteiger partial charge is 0.573 e. The summed E-state index contributed by atoms with van der Waals surface area (Å²) < 4.78 is 66.7. The van der Waals surface area contributed by atoms with Gasteiger partial charge in [0.1, 0.15) is 5.75 Å². The Morgan fingerprint density at radius 2 is 1.72 bits per heavy atom. The number of anilines is 1. The van der Waals surface area contributed by atoms with Gasteiger partial charge in [-0.05, 0) is 56.3 Å². The van der Waals surface area contributed by atoms with Crippen LogP contribution in [0.5, 0.6) is 5.75 Å². The number of sulfonamides is 1. The van der Waals surface area contributed by atoms with Gasteiger partial charge in [0.05, 0.1) is 15.5 Å². The average Bonchev–Trinajstić information content (AvgIpc) is 2.61. The van der Waals surface area contributed by atoms with Gasteiger partial charge in [0.25, 0.3) is 5.91 Å². The summed E-state index contributed by atoms with van der Waals surface area (Å²) in [7, 11) is -2.42. The third-order valence-corrected chi connectivity index (χ3v) is 6.29. The Morgan fingerprint density at radius 3 is 2.24 bits per heavy atom. The van der Waals surface area contributed by atoms with E-state index in [9.17, 15) is 26.4 Å². The zero-order valence-corrected chi connectivity index (χ0v) is 17.2. The van der Waals surface area contributed by atoms with E-state index in [4.69, 9.17) is 11.6 Å². The SMILES string of the molecule is CC(C)N(C)S(=O)(=O)c1ccc(Cl)c(C(=O)Nc2ccc(OC(F)(F)F)cc2)c1. The summed E-state index contributed by atoms with van der Waals surface area (Å²) in [5, 5.41) is 2.47. The topological polar surface area (TPSA) is 75.7 Å². The van der Waals surface area contributed by atoms with Crippen molar-refractivity contribution >= 4 is 33.2 Å². The van der Waals surface area contributed by atoms with Crippen LogP contribution in [0.15, 0.2) is 47.4 Å². The second kappa shape index (κ2) is 8.60. The highest BCUT2D eigenvalue weighted by atomic mass is 35.5. The highest BCUT2D eigenvalue weighted by Gasteiger charge is 2.31. The highest BCUT2D eigenvalue weighted by molar-refractivity contribution is 7.89. The van der Waals surface area contributed by atoms with E-state index in [1.165, 1.54) is 31.3 Å². The fourth-order valence-electron chi connectivity index (χ4n) is 2.22. The highest BCUT2D eigenvalue weighted by Crippen LogP contribution is 2.26. The van der Waals surface area contributed by atoms with Gasteiger partial charge in [0.15, 0.2) is 0 Å². The molecule has 158 valence electrons. The van der Waals surface area contributed by atoms with Crippen LogP contribution < -0.4 is 10.1 Å². The quantitative estimate of drug-likeness (QED) is 0.702. The number of amides is 1. The standard InChI is InChI=1S/C18H18ClF3N2O4S/c1-11(2)24(3)29(26,27)14-8-9-16(19)15(10-14)17(25)23-12-4-6-13(7-5-12)28-18(20,21)22/h4-11H,1-3H3,(H,23,25). The number of hydrogen-bond acceptors (Lipinski definition) is 4. The van der Waals surface area contributed by atoms with E-state index < -0.39 is 28.0 Å². The molecule has 29 heavy (non-hydrogen) atoms. The molecule has 0 spiro atoms. The summed E-state index contributed by atoms with van der Waals surface area (Å²) in [6.07, 6.45) is -4.83. The molecular formula is C18H18ClF3N2O4S. The maximum atomic E-state index is 12.6. The van der Waals surface area contributed by atoms with Crippen LogP contribution in [0.1, 0.15) is 24.2 Å². The van der Waals surface area contributed by atoms with Gasteiger partial charge in [-0.3, -0.25) is 4.79 Å². The molecule has 0 fully saturated rings. The van der Waals surface area contributed by atoms with Gasteiger partial charge < -0.3 is 10.1 Å². The van der Waals surface area contributed by atoms with Crippen LogP contribution in [-0.2, 0) is 10.0 Å². The Hall–Kier alpha value is -2.30. The number of hydrogen-bond donors (Lipinski definition) is 1. The van der Waals surface area contributed by atoms with Crippen molar-refractivity contribution in [1.82, 2.24) is 4.31 Å². The molecule has 0 aliphatic heterocycles. The van der Waals surface area contributed by atoms with Gasteiger partial charge in [-0.1, -0.05) is 11.6 Å². The van der Waals surface area contributed by atoms with Crippen LogP contribution in [0.4, 0.5) is 18.9 Å². The Bertz CT molecular complexity index is 993. The van der Waals surface area contributed by atoms with Crippen molar-refractivity contribution in [2.45, 2.75) is 31.1 Å². The number of benzene rings is 2. The molecule has 0 heterocycles. The first kappa shape index (κ1) is 23.0. The molecule has 0 saturated carbocycles. The summed E-state index contributed by atoms with van der Waals surface area (Å²) in [5.41, 5.74) is 0.0775. The molecule has 0 radical (unpaired) electrons. The smallest absolute Gasteiger partial charge is 0.406 e. The van der Waals surface area contributed by atoms with Crippen LogP contribution >= 0.6 is 11.6 Å². The van der Waals surface area contributed by atoms with Crippen molar-refractivity contribution in [2.75, 3.05) is 12.4 Å². The zero-order chi connectivity index (χ0) is 22.0. The molecule has 0 unspecified atom stereocenters. The fraction of sp³-hybridized carbons (Fsp3) is 0.278. The molecule has 0 atom stereocenters. The molecule has 0 aromatic heterocycles. The monoisotopic (exact) mass is 450 g/mol. The lowest BCUT2D eigenvalue weighted by atomic mass is 10.2. The van der Waals surface area contributed by atoms with E-state index in [2.05, 4.69) is 10.1 Å². The lowest BCUT2D eigenvalue weighted by Gasteiger charge is -2.21. The van der Waals surface area contributed by atoms with Crippen molar-refractivity contribution in [3.8, 4) is 5.75 Å². The summed E-state index contributed by atoms with van der Waals surface area (Å²) >= 11 is 6.03. The predicted octanol–water partition coefficient (Wildman–Crippen LogP) is 4.52. The van der Waals surface area contributed by atoms with E-state index in [-0.39, 0.29) is 27.2 Å². The molecule has 11 heteroatoms. The normalized spacial score (nSPS) is 12.3. The van der Waals surface area contributed by atoms with Crippen molar-refractivity contribution in [2.24, 2.45) is 0 Å². The lowest BCUT2D eigenvalue weighted by molar-refractivity contribution is -0.274. The summed E-state index contributed by atoms with van der Waals surface area (Å²) in [6.45, 7) is 3.40. The minimum absolute atomic E-state index is 0.0191. The number of halogens is 4. The minimum Gasteiger partial charge on any atom is -0.406 e. The van der Waals surface area contributed by atoms with Crippen LogP contribution in [0.3, 0.4) is 0 Å². The molecule has 0 aliphatic carbocycles. The Labute approximate surface area is 171 Å². The van der Waals surface area contributed by atoms with Gasteiger partial charge >= 0.3 is 6.36 Å². The predicted molar refractivity (Wildman–Crippen MR) is 103 cm³/mol. The summed E-state index contributed by atoms with van der Waals surface area (Å²) in [4.78, 5) is 12.4. The Kier molecular flexibility index (Phi) is 6.82. The molecular weight excluding hydrogens is 433 g/mol. The van der Waals surface area contributed by atoms with Gasteiger partial charge in [0.2, 0.25) is 10.0 Å². The molecule has 0 aliphatic rings. The maximum Gasteiger partial charge on any atom is 0.573 e. The molecule has 6 nitrogen and oxygen atoms in total. The number of rotatable bonds is 6. The molecule has 0 saturated heterocycles. The number of carbonyl (C=O) groups excluding carboxylic acids is 1. The first-order valence-electron chi connectivity index (χ1n) is 8.26. The first-order chi connectivity index (χ1) is 13.3. The van der Waals surface area contributed by atoms with Gasteiger partial charge in [-0.15, -0.1) is 13.2 Å². The van der Waals surface area contributed by atoms with Crippen molar-refractivity contribution in [3.63, 3.8) is 0 Å². The van der Waals surface area contributed by atoms with E-state index in [1.807, 2.05) is 0 Å². The lowest BCUT2D eigenvalue weighted by Crippen LogP contribution is -2.33. The fourth-order valence-corrected chi connectivity index (χ4v) is 3.82. The van der Waals surface area contributed by atoms with E-state index in [1.54, 1.807) is 13.8 Å². The second-order valence-corrected chi connectivity index (χ2v) is 8.69. The van der Waals surface area contributed by atoms with Crippen LogP contribution in [-0.4, -0.2) is 38.1 Å². The third kappa shape index (κ3) is 5.84. The number of carbonyl (C=O) groups is 1. The maximum absolute atomic E-state index is 12.6. The Balaban J connectivity index is 2.25. The minimum atomic E-state index is -4.83. The summed E-state index contributed by atoms with van der Waals surface area (Å²) in [6, 6.07) is 7.90. The van der Waals surface area contributed by atoms with Gasteiger partial charge in [-0.2, -0.15) is 4.31 Å². The van der Waals surface area contributed by atoms with Crippen LogP contribution in [0, 0.1) is 0 Å². The molecule has 2 rings (SSSR count). The zero-order valence-electron chi connectivity index (χ0n) is 15.6. The number of ether oxygens (including phenoxy) is 1. The number of alkyl halides is 3. The van der Waals surface area contributed by atoms with Crippen LogP contribution in [0.2, 0.25) is 5.02 Å². The molecule has 2 aromatic rings. The third-order valence-electron chi connectivity index (χ3n) is 3.93. The molecule has 1 N–H and O–H groups in total. The van der Waals surface area contributed by atoms with Gasteiger partial charge in [-0.25, -0.2) is 8.42 Å². The van der Waals surface area contributed by atoms with Crippen molar-refractivity contribution in [3.05, 3.63) is 53.1 Å². The van der Waals surface area contributed by atoms with Crippen molar-refractivity contribution in [1.29, 1.82) is 0 Å².